The van der Waals surface area contributed by atoms with E-state index in [0.29, 0.717) is 18.0 Å². The van der Waals surface area contributed by atoms with Crippen LogP contribution in [0.3, 0.4) is 0 Å². The van der Waals surface area contributed by atoms with Crippen LogP contribution >= 0.6 is 27.3 Å². The maximum Gasteiger partial charge on any atom is 0.255 e. The molecule has 0 saturated heterocycles. The molecule has 0 aliphatic carbocycles. The SMILES string of the molecule is COc1cc(/C=C/C(=O)N(C)Cc2ccc(Br)s2)ccc1OCC(N)=O. The van der Waals surface area contributed by atoms with Gasteiger partial charge in [0, 0.05) is 18.0 Å². The van der Waals surface area contributed by atoms with Crippen molar-refractivity contribution >= 4 is 45.2 Å². The molecular formula is C18H19BrN2O4S. The van der Waals surface area contributed by atoms with Crippen molar-refractivity contribution in [1.82, 2.24) is 4.90 Å². The second-order valence-electron chi connectivity index (χ2n) is 5.40. The molecule has 2 rings (SSSR count). The number of carbonyl (C=O) groups is 2. The molecule has 0 saturated carbocycles. The third kappa shape index (κ3) is 5.89. The average Bonchev–Trinajstić information content (AvgIpc) is 3.02. The molecule has 0 radical (unpaired) electrons. The number of benzene rings is 1. The normalized spacial score (nSPS) is 10.7. The second-order valence-corrected chi connectivity index (χ2v) is 7.95. The summed E-state index contributed by atoms with van der Waals surface area (Å²) < 4.78 is 11.6. The molecule has 8 heteroatoms. The van der Waals surface area contributed by atoms with E-state index in [1.807, 2.05) is 12.1 Å². The zero-order chi connectivity index (χ0) is 19.1. The van der Waals surface area contributed by atoms with Gasteiger partial charge in [-0.25, -0.2) is 0 Å². The van der Waals surface area contributed by atoms with E-state index in [-0.39, 0.29) is 12.5 Å². The number of nitrogens with two attached hydrogens (primary N) is 1. The highest BCUT2D eigenvalue weighted by Gasteiger charge is 2.09. The van der Waals surface area contributed by atoms with Crippen LogP contribution in [0.1, 0.15) is 10.4 Å². The third-order valence-electron chi connectivity index (χ3n) is 3.37. The smallest absolute Gasteiger partial charge is 0.255 e. The Morgan fingerprint density at radius 3 is 2.65 bits per heavy atom. The molecule has 2 aromatic rings. The number of hydrogen-bond acceptors (Lipinski definition) is 5. The van der Waals surface area contributed by atoms with Gasteiger partial charge in [0.1, 0.15) is 0 Å². The number of rotatable bonds is 8. The molecule has 2 amide bonds. The van der Waals surface area contributed by atoms with E-state index in [2.05, 4.69) is 15.9 Å². The van der Waals surface area contributed by atoms with Crippen LogP contribution in [0.15, 0.2) is 40.2 Å². The number of amides is 2. The van der Waals surface area contributed by atoms with Crippen LogP contribution in [0.5, 0.6) is 11.5 Å². The lowest BCUT2D eigenvalue weighted by atomic mass is 10.2. The number of methoxy groups -OCH3 is 1. The van der Waals surface area contributed by atoms with Crippen LogP contribution in [0.25, 0.3) is 6.08 Å². The number of hydrogen-bond donors (Lipinski definition) is 1. The van der Waals surface area contributed by atoms with Gasteiger partial charge < -0.3 is 20.1 Å². The molecule has 26 heavy (non-hydrogen) atoms. The summed E-state index contributed by atoms with van der Waals surface area (Å²) in [5.41, 5.74) is 5.84. The minimum Gasteiger partial charge on any atom is -0.493 e. The Labute approximate surface area is 164 Å². The summed E-state index contributed by atoms with van der Waals surface area (Å²) in [5, 5.41) is 0. The van der Waals surface area contributed by atoms with Gasteiger partial charge in [-0.3, -0.25) is 9.59 Å². The zero-order valence-electron chi connectivity index (χ0n) is 14.4. The molecule has 0 bridgehead atoms. The van der Waals surface area contributed by atoms with Gasteiger partial charge in [0.2, 0.25) is 5.91 Å². The Bertz CT molecular complexity index is 819. The molecule has 1 aromatic heterocycles. The first kappa shape index (κ1) is 20.0. The molecule has 0 atom stereocenters. The average molecular weight is 439 g/mol. The minimum absolute atomic E-state index is 0.109. The van der Waals surface area contributed by atoms with Crippen LogP contribution in [-0.2, 0) is 16.1 Å². The number of nitrogens with zero attached hydrogens (tertiary/aromatic N) is 1. The lowest BCUT2D eigenvalue weighted by Gasteiger charge is -2.13. The first-order valence-corrected chi connectivity index (χ1v) is 9.26. The molecule has 2 N–H and O–H groups in total. The molecule has 6 nitrogen and oxygen atoms in total. The van der Waals surface area contributed by atoms with Gasteiger partial charge in [-0.05, 0) is 51.8 Å². The lowest BCUT2D eigenvalue weighted by Crippen LogP contribution is -2.23. The fraction of sp³-hybridized carbons (Fsp3) is 0.222. The van der Waals surface area contributed by atoms with E-state index in [0.717, 1.165) is 14.2 Å². The fourth-order valence-corrected chi connectivity index (χ4v) is 3.64. The summed E-state index contributed by atoms with van der Waals surface area (Å²) in [6, 6.07) is 9.09. The van der Waals surface area contributed by atoms with Gasteiger partial charge >= 0.3 is 0 Å². The Morgan fingerprint density at radius 1 is 1.27 bits per heavy atom. The number of primary amides is 1. The molecule has 1 heterocycles. The van der Waals surface area contributed by atoms with Crippen LogP contribution in [-0.4, -0.2) is 37.5 Å². The second kappa shape index (κ2) is 9.40. The van der Waals surface area contributed by atoms with Crippen molar-refractivity contribution in [3.05, 3.63) is 50.6 Å². The van der Waals surface area contributed by atoms with Crippen molar-refractivity contribution in [2.45, 2.75) is 6.54 Å². The van der Waals surface area contributed by atoms with Gasteiger partial charge in [0.25, 0.3) is 5.91 Å². The maximum atomic E-state index is 12.3. The molecule has 0 aliphatic heterocycles. The number of likely N-dealkylation sites (N-methyl/N-ethyl adjacent to an activating group) is 1. The molecule has 0 fully saturated rings. The van der Waals surface area contributed by atoms with E-state index < -0.39 is 5.91 Å². The van der Waals surface area contributed by atoms with Crippen molar-refractivity contribution in [3.63, 3.8) is 0 Å². The van der Waals surface area contributed by atoms with Crippen LogP contribution in [0.2, 0.25) is 0 Å². The van der Waals surface area contributed by atoms with Gasteiger partial charge in [0.05, 0.1) is 17.4 Å². The van der Waals surface area contributed by atoms with Gasteiger partial charge in [-0.1, -0.05) is 6.07 Å². The Kier molecular flexibility index (Phi) is 7.23. The third-order valence-corrected chi connectivity index (χ3v) is 4.98. The highest BCUT2D eigenvalue weighted by atomic mass is 79.9. The van der Waals surface area contributed by atoms with Crippen molar-refractivity contribution in [3.8, 4) is 11.5 Å². The van der Waals surface area contributed by atoms with Gasteiger partial charge in [-0.15, -0.1) is 11.3 Å². The maximum absolute atomic E-state index is 12.3. The van der Waals surface area contributed by atoms with Crippen LogP contribution in [0.4, 0.5) is 0 Å². The first-order chi connectivity index (χ1) is 12.4. The zero-order valence-corrected chi connectivity index (χ0v) is 16.8. The first-order valence-electron chi connectivity index (χ1n) is 7.65. The largest absolute Gasteiger partial charge is 0.493 e. The predicted octanol–water partition coefficient (Wildman–Crippen LogP) is 3.06. The van der Waals surface area contributed by atoms with E-state index in [4.69, 9.17) is 15.2 Å². The molecule has 1 aromatic carbocycles. The predicted molar refractivity (Wildman–Crippen MR) is 105 cm³/mol. The van der Waals surface area contributed by atoms with Gasteiger partial charge in [0.15, 0.2) is 18.1 Å². The van der Waals surface area contributed by atoms with Crippen LogP contribution < -0.4 is 15.2 Å². The Morgan fingerprint density at radius 2 is 2.04 bits per heavy atom. The summed E-state index contributed by atoms with van der Waals surface area (Å²) in [7, 11) is 3.25. The van der Waals surface area contributed by atoms with E-state index in [1.54, 1.807) is 47.6 Å². The molecule has 138 valence electrons. The monoisotopic (exact) mass is 438 g/mol. The summed E-state index contributed by atoms with van der Waals surface area (Å²) in [6.07, 6.45) is 3.20. The van der Waals surface area contributed by atoms with Crippen molar-refractivity contribution in [2.24, 2.45) is 5.73 Å². The fourth-order valence-electron chi connectivity index (χ4n) is 2.10. The summed E-state index contributed by atoms with van der Waals surface area (Å²) >= 11 is 5.01. The van der Waals surface area contributed by atoms with Crippen molar-refractivity contribution < 1.29 is 19.1 Å². The molecular weight excluding hydrogens is 420 g/mol. The van der Waals surface area contributed by atoms with E-state index >= 15 is 0 Å². The Hall–Kier alpha value is -2.32. The van der Waals surface area contributed by atoms with E-state index in [9.17, 15) is 9.59 Å². The lowest BCUT2D eigenvalue weighted by molar-refractivity contribution is -0.125. The molecule has 0 aliphatic rings. The van der Waals surface area contributed by atoms with E-state index in [1.165, 1.54) is 13.2 Å². The summed E-state index contributed by atoms with van der Waals surface area (Å²) in [6.45, 7) is 0.316. The van der Waals surface area contributed by atoms with Crippen molar-refractivity contribution in [1.29, 1.82) is 0 Å². The number of carbonyl (C=O) groups excluding carboxylic acids is 2. The molecule has 0 spiro atoms. The van der Waals surface area contributed by atoms with Crippen LogP contribution in [0, 0.1) is 0 Å². The molecule has 0 unspecified atom stereocenters. The van der Waals surface area contributed by atoms with Gasteiger partial charge in [-0.2, -0.15) is 0 Å². The standard InChI is InChI=1S/C18H19BrN2O4S/c1-21(10-13-5-7-16(19)26-13)18(23)8-4-12-3-6-14(15(9-12)24-2)25-11-17(20)22/h3-9H,10-11H2,1-2H3,(H2,20,22)/b8-4+. The highest BCUT2D eigenvalue weighted by Crippen LogP contribution is 2.28. The topological polar surface area (TPSA) is 81.9 Å². The number of halogens is 1. The minimum atomic E-state index is -0.567. The Balaban J connectivity index is 2.01. The highest BCUT2D eigenvalue weighted by molar-refractivity contribution is 9.11. The summed E-state index contributed by atoms with van der Waals surface area (Å²) in [5.74, 6) is 0.192. The number of ether oxygens (including phenoxy) is 2. The number of thiophene rings is 1. The summed E-state index contributed by atoms with van der Waals surface area (Å²) in [4.78, 5) is 25.8. The quantitative estimate of drug-likeness (QED) is 0.642. The van der Waals surface area contributed by atoms with Crippen molar-refractivity contribution in [2.75, 3.05) is 20.8 Å².